The molecule has 1 saturated heterocycles. The van der Waals surface area contributed by atoms with Gasteiger partial charge in [-0.05, 0) is 58.2 Å². The van der Waals surface area contributed by atoms with E-state index in [4.69, 9.17) is 9.84 Å². The molecule has 1 aromatic carbocycles. The maximum atomic E-state index is 12.2. The Morgan fingerprint density at radius 2 is 1.83 bits per heavy atom. The van der Waals surface area contributed by atoms with Gasteiger partial charge in [0.1, 0.15) is 0 Å². The number of carbonyl (C=O) groups excluding carboxylic acids is 1. The summed E-state index contributed by atoms with van der Waals surface area (Å²) in [5.74, 6) is -0.952. The van der Waals surface area contributed by atoms with Crippen LogP contribution in [-0.2, 0) is 16.0 Å². The molecule has 2 N–H and O–H groups in total. The standard InChI is InChI=1S/C18H25NO4/c1-17(2)11-14(18(3,4)23-17)19-15(20)10-7-12-5-8-13(9-6-12)16(21)22/h5-6,8-9,14H,7,10-11H2,1-4H3,(H,19,20)(H,21,22). The van der Waals surface area contributed by atoms with Crippen molar-refractivity contribution in [1.29, 1.82) is 0 Å². The number of ether oxygens (including phenoxy) is 1. The Morgan fingerprint density at radius 1 is 1.22 bits per heavy atom. The van der Waals surface area contributed by atoms with Crippen molar-refractivity contribution in [3.8, 4) is 0 Å². The summed E-state index contributed by atoms with van der Waals surface area (Å²) in [6, 6.07) is 6.63. The van der Waals surface area contributed by atoms with Crippen LogP contribution < -0.4 is 5.32 Å². The summed E-state index contributed by atoms with van der Waals surface area (Å²) >= 11 is 0. The van der Waals surface area contributed by atoms with Crippen LogP contribution in [0.3, 0.4) is 0 Å². The number of carboxylic acids is 1. The first-order valence-corrected chi connectivity index (χ1v) is 7.91. The highest BCUT2D eigenvalue weighted by Crippen LogP contribution is 2.37. The van der Waals surface area contributed by atoms with Gasteiger partial charge in [0, 0.05) is 6.42 Å². The first kappa shape index (κ1) is 17.5. The van der Waals surface area contributed by atoms with Gasteiger partial charge in [-0.15, -0.1) is 0 Å². The quantitative estimate of drug-likeness (QED) is 0.875. The van der Waals surface area contributed by atoms with Crippen LogP contribution in [0.2, 0.25) is 0 Å². The van der Waals surface area contributed by atoms with Crippen LogP contribution in [0.4, 0.5) is 0 Å². The number of aromatic carboxylic acids is 1. The summed E-state index contributed by atoms with van der Waals surface area (Å²) in [6.45, 7) is 8.06. The molecule has 1 aromatic rings. The molecule has 1 amide bonds. The van der Waals surface area contributed by atoms with Gasteiger partial charge in [-0.3, -0.25) is 4.79 Å². The number of hydrogen-bond donors (Lipinski definition) is 2. The minimum Gasteiger partial charge on any atom is -0.478 e. The van der Waals surface area contributed by atoms with E-state index in [-0.39, 0.29) is 28.7 Å². The van der Waals surface area contributed by atoms with E-state index in [1.807, 2.05) is 27.7 Å². The van der Waals surface area contributed by atoms with Gasteiger partial charge in [0.25, 0.3) is 0 Å². The number of nitrogens with one attached hydrogen (secondary N) is 1. The van der Waals surface area contributed by atoms with Gasteiger partial charge in [0.15, 0.2) is 0 Å². The molecule has 23 heavy (non-hydrogen) atoms. The molecule has 0 bridgehead atoms. The highest BCUT2D eigenvalue weighted by molar-refractivity contribution is 5.87. The summed E-state index contributed by atoms with van der Waals surface area (Å²) in [7, 11) is 0. The molecular weight excluding hydrogens is 294 g/mol. The van der Waals surface area contributed by atoms with Gasteiger partial charge >= 0.3 is 5.97 Å². The lowest BCUT2D eigenvalue weighted by Crippen LogP contribution is -2.46. The van der Waals surface area contributed by atoms with Crippen LogP contribution in [0.5, 0.6) is 0 Å². The second kappa shape index (κ2) is 6.32. The molecule has 1 aliphatic heterocycles. The molecule has 0 aromatic heterocycles. The smallest absolute Gasteiger partial charge is 0.335 e. The molecule has 1 unspecified atom stereocenters. The van der Waals surface area contributed by atoms with Gasteiger partial charge in [0.05, 0.1) is 22.8 Å². The predicted octanol–water partition coefficient (Wildman–Crippen LogP) is 2.78. The van der Waals surface area contributed by atoms with Crippen molar-refractivity contribution in [2.45, 2.75) is 64.2 Å². The molecule has 126 valence electrons. The zero-order chi connectivity index (χ0) is 17.3. The molecule has 1 fully saturated rings. The maximum Gasteiger partial charge on any atom is 0.335 e. The number of carbonyl (C=O) groups is 2. The lowest BCUT2D eigenvalue weighted by Gasteiger charge is -2.27. The van der Waals surface area contributed by atoms with Gasteiger partial charge in [-0.25, -0.2) is 4.79 Å². The molecule has 0 aliphatic carbocycles. The fourth-order valence-electron chi connectivity index (χ4n) is 3.13. The second-order valence-electron chi connectivity index (χ2n) is 7.29. The first-order chi connectivity index (χ1) is 10.6. The van der Waals surface area contributed by atoms with E-state index in [2.05, 4.69) is 5.32 Å². The van der Waals surface area contributed by atoms with E-state index in [1.54, 1.807) is 24.3 Å². The molecular formula is C18H25NO4. The van der Waals surface area contributed by atoms with E-state index >= 15 is 0 Å². The third-order valence-corrected chi connectivity index (χ3v) is 4.25. The average Bonchev–Trinajstić information content (AvgIpc) is 2.64. The molecule has 0 radical (unpaired) electrons. The molecule has 5 heteroatoms. The van der Waals surface area contributed by atoms with Gasteiger partial charge in [-0.1, -0.05) is 12.1 Å². The Kier molecular flexibility index (Phi) is 4.80. The Balaban J connectivity index is 1.87. The summed E-state index contributed by atoms with van der Waals surface area (Å²) in [5, 5.41) is 11.9. The second-order valence-corrected chi connectivity index (χ2v) is 7.29. The number of amides is 1. The van der Waals surface area contributed by atoms with Crippen molar-refractivity contribution < 1.29 is 19.4 Å². The van der Waals surface area contributed by atoms with Crippen molar-refractivity contribution in [2.24, 2.45) is 0 Å². The normalized spacial score (nSPS) is 21.8. The third kappa shape index (κ3) is 4.55. The highest BCUT2D eigenvalue weighted by Gasteiger charge is 2.46. The topological polar surface area (TPSA) is 75.6 Å². The Hall–Kier alpha value is -1.88. The molecule has 2 rings (SSSR count). The lowest BCUT2D eigenvalue weighted by molar-refractivity contribution is -0.123. The summed E-state index contributed by atoms with van der Waals surface area (Å²) in [5.41, 5.74) is 0.605. The first-order valence-electron chi connectivity index (χ1n) is 7.91. The number of carboxylic acid groups (broad SMARTS) is 1. The van der Waals surface area contributed by atoms with Crippen LogP contribution >= 0.6 is 0 Å². The zero-order valence-electron chi connectivity index (χ0n) is 14.2. The maximum absolute atomic E-state index is 12.2. The molecule has 1 aliphatic rings. The van der Waals surface area contributed by atoms with Crippen LogP contribution in [0.25, 0.3) is 0 Å². The largest absolute Gasteiger partial charge is 0.478 e. The number of hydrogen-bond acceptors (Lipinski definition) is 3. The molecule has 1 heterocycles. The minimum atomic E-state index is -0.944. The Bertz CT molecular complexity index is 590. The number of aryl methyl sites for hydroxylation is 1. The fraction of sp³-hybridized carbons (Fsp3) is 0.556. The third-order valence-electron chi connectivity index (χ3n) is 4.25. The molecule has 0 spiro atoms. The Labute approximate surface area is 137 Å². The monoisotopic (exact) mass is 319 g/mol. The fourth-order valence-corrected chi connectivity index (χ4v) is 3.13. The SMILES string of the molecule is CC1(C)CC(NC(=O)CCc2ccc(C(=O)O)cc2)C(C)(C)O1. The van der Waals surface area contributed by atoms with E-state index in [1.165, 1.54) is 0 Å². The van der Waals surface area contributed by atoms with Gasteiger partial charge in [-0.2, -0.15) is 0 Å². The van der Waals surface area contributed by atoms with E-state index in [0.29, 0.717) is 12.8 Å². The average molecular weight is 319 g/mol. The van der Waals surface area contributed by atoms with Gasteiger partial charge in [0.2, 0.25) is 5.91 Å². The molecule has 0 saturated carbocycles. The van der Waals surface area contributed by atoms with E-state index in [9.17, 15) is 9.59 Å². The van der Waals surface area contributed by atoms with Crippen LogP contribution in [-0.4, -0.2) is 34.2 Å². The van der Waals surface area contributed by atoms with Crippen molar-refractivity contribution in [2.75, 3.05) is 0 Å². The lowest BCUT2D eigenvalue weighted by atomic mass is 9.94. The van der Waals surface area contributed by atoms with Crippen LogP contribution in [0.1, 0.15) is 56.5 Å². The van der Waals surface area contributed by atoms with E-state index in [0.717, 1.165) is 12.0 Å². The predicted molar refractivity (Wildman–Crippen MR) is 87.5 cm³/mol. The van der Waals surface area contributed by atoms with Crippen molar-refractivity contribution in [3.05, 3.63) is 35.4 Å². The van der Waals surface area contributed by atoms with Crippen molar-refractivity contribution in [3.63, 3.8) is 0 Å². The summed E-state index contributed by atoms with van der Waals surface area (Å²) < 4.78 is 5.98. The number of benzene rings is 1. The molecule has 5 nitrogen and oxygen atoms in total. The van der Waals surface area contributed by atoms with Crippen molar-refractivity contribution >= 4 is 11.9 Å². The van der Waals surface area contributed by atoms with Crippen LogP contribution in [0, 0.1) is 0 Å². The minimum absolute atomic E-state index is 0.000568. The van der Waals surface area contributed by atoms with Gasteiger partial charge < -0.3 is 15.2 Å². The number of rotatable bonds is 5. The Morgan fingerprint density at radius 3 is 2.30 bits per heavy atom. The van der Waals surface area contributed by atoms with Crippen molar-refractivity contribution in [1.82, 2.24) is 5.32 Å². The van der Waals surface area contributed by atoms with E-state index < -0.39 is 5.97 Å². The molecule has 1 atom stereocenters. The summed E-state index contributed by atoms with van der Waals surface area (Å²) in [4.78, 5) is 23.0. The highest BCUT2D eigenvalue weighted by atomic mass is 16.5. The zero-order valence-corrected chi connectivity index (χ0v) is 14.2. The van der Waals surface area contributed by atoms with Crippen LogP contribution in [0.15, 0.2) is 24.3 Å². The summed E-state index contributed by atoms with van der Waals surface area (Å²) in [6.07, 6.45) is 1.75.